The quantitative estimate of drug-likeness (QED) is 0.810. The number of aromatic nitrogens is 3. The third kappa shape index (κ3) is 4.22. The summed E-state index contributed by atoms with van der Waals surface area (Å²) in [5.41, 5.74) is 0. The molecule has 0 amide bonds. The molecule has 1 heterocycles. The van der Waals surface area contributed by atoms with Gasteiger partial charge < -0.3 is 5.32 Å². The molecule has 1 unspecified atom stereocenters. The van der Waals surface area contributed by atoms with E-state index >= 15 is 0 Å². The van der Waals surface area contributed by atoms with Gasteiger partial charge in [-0.25, -0.2) is 0 Å². The Hall–Kier alpha value is -0.550. The first-order valence-electron chi connectivity index (χ1n) is 4.97. The smallest absolute Gasteiger partial charge is 0.228 e. The van der Waals surface area contributed by atoms with Crippen molar-refractivity contribution in [3.05, 3.63) is 5.28 Å². The molecule has 0 bridgehead atoms. The van der Waals surface area contributed by atoms with Crippen LogP contribution in [0.25, 0.3) is 0 Å². The van der Waals surface area contributed by atoms with Gasteiger partial charge in [-0.05, 0) is 24.9 Å². The van der Waals surface area contributed by atoms with Gasteiger partial charge in [0.15, 0.2) is 5.16 Å². The van der Waals surface area contributed by atoms with E-state index in [1.807, 2.05) is 6.92 Å². The monoisotopic (exact) mass is 246 g/mol. The van der Waals surface area contributed by atoms with Crippen LogP contribution in [0.2, 0.25) is 5.28 Å². The van der Waals surface area contributed by atoms with Crippen molar-refractivity contribution in [1.29, 1.82) is 0 Å². The first-order chi connectivity index (χ1) is 7.15. The van der Waals surface area contributed by atoms with Gasteiger partial charge in [0.2, 0.25) is 11.2 Å². The van der Waals surface area contributed by atoms with Crippen molar-refractivity contribution in [3.63, 3.8) is 0 Å². The van der Waals surface area contributed by atoms with Gasteiger partial charge in [0.25, 0.3) is 0 Å². The Labute approximate surface area is 99.3 Å². The maximum Gasteiger partial charge on any atom is 0.228 e. The SMILES string of the molecule is CCNc1nc(Cl)nc(SC(C)CC)n1. The number of nitrogens with zero attached hydrogens (tertiary/aromatic N) is 3. The molecule has 0 aromatic carbocycles. The Bertz CT molecular complexity index is 321. The number of nitrogens with one attached hydrogen (secondary N) is 1. The standard InChI is InChI=1S/C9H15ClN4S/c1-4-6(3)15-9-13-7(10)12-8(14-9)11-5-2/h6H,4-5H2,1-3H3,(H,11,12,13,14). The third-order valence-corrected chi connectivity index (χ3v) is 3.10. The van der Waals surface area contributed by atoms with Crippen LogP contribution in [0, 0.1) is 0 Å². The van der Waals surface area contributed by atoms with Gasteiger partial charge in [0, 0.05) is 11.8 Å². The summed E-state index contributed by atoms with van der Waals surface area (Å²) in [4.78, 5) is 12.3. The van der Waals surface area contributed by atoms with E-state index in [-0.39, 0.29) is 5.28 Å². The molecule has 1 N–H and O–H groups in total. The maximum absolute atomic E-state index is 5.80. The lowest BCUT2D eigenvalue weighted by Crippen LogP contribution is -2.05. The summed E-state index contributed by atoms with van der Waals surface area (Å²) in [6.07, 6.45) is 1.07. The van der Waals surface area contributed by atoms with E-state index in [1.54, 1.807) is 11.8 Å². The highest BCUT2D eigenvalue weighted by Gasteiger charge is 2.08. The molecule has 0 aliphatic carbocycles. The van der Waals surface area contributed by atoms with Crippen LogP contribution in [0.1, 0.15) is 27.2 Å². The van der Waals surface area contributed by atoms with Crippen molar-refractivity contribution in [2.24, 2.45) is 0 Å². The zero-order chi connectivity index (χ0) is 11.3. The van der Waals surface area contributed by atoms with Crippen LogP contribution in [0.15, 0.2) is 5.16 Å². The van der Waals surface area contributed by atoms with Crippen LogP contribution in [-0.4, -0.2) is 26.7 Å². The van der Waals surface area contributed by atoms with E-state index in [1.165, 1.54) is 0 Å². The van der Waals surface area contributed by atoms with Crippen LogP contribution in [0.5, 0.6) is 0 Å². The Morgan fingerprint density at radius 3 is 2.67 bits per heavy atom. The van der Waals surface area contributed by atoms with E-state index in [4.69, 9.17) is 11.6 Å². The molecule has 6 heteroatoms. The molecule has 0 spiro atoms. The second-order valence-corrected chi connectivity index (χ2v) is 4.82. The molecule has 1 rings (SSSR count). The maximum atomic E-state index is 5.80. The van der Waals surface area contributed by atoms with Gasteiger partial charge >= 0.3 is 0 Å². The topological polar surface area (TPSA) is 50.7 Å². The second-order valence-electron chi connectivity index (χ2n) is 3.08. The Balaban J connectivity index is 2.78. The average molecular weight is 247 g/mol. The van der Waals surface area contributed by atoms with Crippen LogP contribution in [0.3, 0.4) is 0 Å². The molecule has 0 aliphatic rings. The van der Waals surface area contributed by atoms with E-state index < -0.39 is 0 Å². The van der Waals surface area contributed by atoms with Crippen molar-refractivity contribution in [1.82, 2.24) is 15.0 Å². The molecular weight excluding hydrogens is 232 g/mol. The van der Waals surface area contributed by atoms with Crippen LogP contribution in [-0.2, 0) is 0 Å². The molecule has 1 atom stereocenters. The highest BCUT2D eigenvalue weighted by molar-refractivity contribution is 7.99. The van der Waals surface area contributed by atoms with Crippen molar-refractivity contribution in [2.75, 3.05) is 11.9 Å². The molecule has 4 nitrogen and oxygen atoms in total. The summed E-state index contributed by atoms with van der Waals surface area (Å²) in [5.74, 6) is 0.545. The molecule has 1 aromatic heterocycles. The minimum atomic E-state index is 0.242. The molecule has 84 valence electrons. The fraction of sp³-hybridized carbons (Fsp3) is 0.667. The van der Waals surface area contributed by atoms with Crippen molar-refractivity contribution < 1.29 is 0 Å². The van der Waals surface area contributed by atoms with Crippen molar-refractivity contribution in [3.8, 4) is 0 Å². The summed E-state index contributed by atoms with van der Waals surface area (Å²) in [6, 6.07) is 0. The molecule has 0 saturated carbocycles. The third-order valence-electron chi connectivity index (χ3n) is 1.80. The van der Waals surface area contributed by atoms with Gasteiger partial charge in [-0.1, -0.05) is 25.6 Å². The number of thioether (sulfide) groups is 1. The fourth-order valence-electron chi connectivity index (χ4n) is 0.885. The summed E-state index contributed by atoms with van der Waals surface area (Å²) in [7, 11) is 0. The number of hydrogen-bond donors (Lipinski definition) is 1. The lowest BCUT2D eigenvalue weighted by atomic mass is 10.4. The zero-order valence-corrected chi connectivity index (χ0v) is 10.7. The zero-order valence-electron chi connectivity index (χ0n) is 9.12. The van der Waals surface area contributed by atoms with Gasteiger partial charge in [-0.15, -0.1) is 0 Å². The molecule has 15 heavy (non-hydrogen) atoms. The predicted octanol–water partition coefficient (Wildman–Crippen LogP) is 2.85. The largest absolute Gasteiger partial charge is 0.354 e. The molecule has 0 saturated heterocycles. The Morgan fingerprint density at radius 2 is 2.07 bits per heavy atom. The summed E-state index contributed by atoms with van der Waals surface area (Å²) in [6.45, 7) is 7.02. The van der Waals surface area contributed by atoms with E-state index in [9.17, 15) is 0 Å². The van der Waals surface area contributed by atoms with Gasteiger partial charge in [-0.2, -0.15) is 15.0 Å². The highest BCUT2D eigenvalue weighted by atomic mass is 35.5. The Kier molecular flexibility index (Phi) is 5.11. The van der Waals surface area contributed by atoms with E-state index in [0.717, 1.165) is 13.0 Å². The number of anilines is 1. The molecule has 0 fully saturated rings. The number of rotatable bonds is 5. The van der Waals surface area contributed by atoms with Crippen LogP contribution >= 0.6 is 23.4 Å². The van der Waals surface area contributed by atoms with Crippen molar-refractivity contribution >= 4 is 29.3 Å². The van der Waals surface area contributed by atoms with Crippen molar-refractivity contribution in [2.45, 2.75) is 37.6 Å². The van der Waals surface area contributed by atoms with Gasteiger partial charge in [0.1, 0.15) is 0 Å². The predicted molar refractivity (Wildman–Crippen MR) is 64.6 cm³/mol. The van der Waals surface area contributed by atoms with Crippen LogP contribution < -0.4 is 5.32 Å². The molecule has 0 radical (unpaired) electrons. The van der Waals surface area contributed by atoms with E-state index in [0.29, 0.717) is 16.4 Å². The molecular formula is C9H15ClN4S. The van der Waals surface area contributed by atoms with Crippen LogP contribution in [0.4, 0.5) is 5.95 Å². The first kappa shape index (κ1) is 12.5. The fourth-order valence-corrected chi connectivity index (χ4v) is 1.90. The lowest BCUT2D eigenvalue weighted by Gasteiger charge is -2.08. The minimum Gasteiger partial charge on any atom is -0.354 e. The summed E-state index contributed by atoms with van der Waals surface area (Å²) in [5, 5.41) is 4.43. The average Bonchev–Trinajstić information content (AvgIpc) is 2.17. The highest BCUT2D eigenvalue weighted by Crippen LogP contribution is 2.22. The number of halogens is 1. The minimum absolute atomic E-state index is 0.242. The first-order valence-corrected chi connectivity index (χ1v) is 6.23. The van der Waals surface area contributed by atoms with Gasteiger partial charge in [0.05, 0.1) is 0 Å². The normalized spacial score (nSPS) is 12.5. The Morgan fingerprint density at radius 1 is 1.33 bits per heavy atom. The number of hydrogen-bond acceptors (Lipinski definition) is 5. The molecule has 0 aliphatic heterocycles. The molecule has 1 aromatic rings. The second kappa shape index (κ2) is 6.12. The van der Waals surface area contributed by atoms with Gasteiger partial charge in [-0.3, -0.25) is 0 Å². The summed E-state index contributed by atoms with van der Waals surface area (Å²) < 4.78 is 0. The van der Waals surface area contributed by atoms with E-state index in [2.05, 4.69) is 34.1 Å². The summed E-state index contributed by atoms with van der Waals surface area (Å²) >= 11 is 7.41. The lowest BCUT2D eigenvalue weighted by molar-refractivity contribution is 0.865.